The molecule has 0 saturated heterocycles. The molecule has 0 N–H and O–H groups in total. The largest absolute Gasteiger partial charge is 0.481 e. The molecule has 1 aliphatic rings. The number of carbonyl (C=O) groups excluding carboxylic acids is 10. The highest BCUT2D eigenvalue weighted by Crippen LogP contribution is 2.61. The second kappa shape index (κ2) is 35.7. The molecule has 1 aliphatic carbocycles. The second-order valence-electron chi connectivity index (χ2n) is 14.5. The third-order valence-corrected chi connectivity index (χ3v) is 13.6. The Morgan fingerprint density at radius 3 is 0.564 bits per heavy atom. The molecule has 0 radical (unpaired) electrons. The number of phosphoric ester groups is 4. The second-order valence-corrected chi connectivity index (χ2v) is 21.0. The maximum absolute atomic E-state index is 14.9. The van der Waals surface area contributed by atoms with Crippen LogP contribution in [0.4, 0.5) is 0 Å². The Balaban J connectivity index is 4.98. The van der Waals surface area contributed by atoms with Gasteiger partial charge in [-0.2, -0.15) is 0 Å². The van der Waals surface area contributed by atoms with Gasteiger partial charge in [0.05, 0.1) is 0 Å². The van der Waals surface area contributed by atoms with Crippen molar-refractivity contribution in [3.05, 3.63) is 0 Å². The average Bonchev–Trinajstić information content (AvgIpc) is 3.29. The van der Waals surface area contributed by atoms with Gasteiger partial charge in [-0.3, -0.25) is 66.0 Å². The molecule has 40 heteroatoms. The zero-order valence-corrected chi connectivity index (χ0v) is 47.0. The van der Waals surface area contributed by atoms with Gasteiger partial charge < -0.3 is 47.4 Å². The predicted molar refractivity (Wildman–Crippen MR) is 241 cm³/mol. The Hall–Kier alpha value is -4.86. The van der Waals surface area contributed by atoms with Crippen molar-refractivity contribution in [1.29, 1.82) is 0 Å². The highest BCUT2D eigenvalue weighted by molar-refractivity contribution is 7.49. The quantitative estimate of drug-likeness (QED) is 0.0368. The zero-order valence-electron chi connectivity index (χ0n) is 43.4. The summed E-state index contributed by atoms with van der Waals surface area (Å²) in [6, 6.07) is 0. The van der Waals surface area contributed by atoms with Crippen molar-refractivity contribution in [2.45, 2.75) is 132 Å². The van der Waals surface area contributed by atoms with E-state index in [1.807, 2.05) is 0 Å². The van der Waals surface area contributed by atoms with Crippen LogP contribution in [0.25, 0.3) is 0 Å². The maximum atomic E-state index is 14.9. The highest BCUT2D eigenvalue weighted by atomic mass is 31.2. The lowest BCUT2D eigenvalue weighted by atomic mass is 9.84. The summed E-state index contributed by atoms with van der Waals surface area (Å²) in [7, 11) is -23.2. The number of esters is 10. The van der Waals surface area contributed by atoms with Gasteiger partial charge in [0.1, 0.15) is 24.4 Å². The first kappa shape index (κ1) is 71.2. The number of hydrogen-bond acceptors (Lipinski definition) is 36. The molecule has 0 aliphatic heterocycles. The van der Waals surface area contributed by atoms with Crippen LogP contribution in [0.2, 0.25) is 0 Å². The minimum atomic E-state index is -5.81. The van der Waals surface area contributed by atoms with Crippen LogP contribution in [0.15, 0.2) is 0 Å². The van der Waals surface area contributed by atoms with Gasteiger partial charge >= 0.3 is 91.0 Å². The van der Waals surface area contributed by atoms with Crippen molar-refractivity contribution >= 4 is 91.0 Å². The Kier molecular flexibility index (Phi) is 32.6. The van der Waals surface area contributed by atoms with E-state index in [1.54, 1.807) is 0 Å². The van der Waals surface area contributed by atoms with Crippen molar-refractivity contribution in [3.63, 3.8) is 0 Å². The molecule has 0 aromatic carbocycles. The molecule has 0 aromatic rings. The fraction of sp³-hybridized carbons (Fsp3) is 0.737. The van der Waals surface area contributed by atoms with Gasteiger partial charge in [0, 0.05) is 68.2 Å². The van der Waals surface area contributed by atoms with Gasteiger partial charge in [-0.25, -0.2) is 54.5 Å². The summed E-state index contributed by atoms with van der Waals surface area (Å²) in [5.74, 6) is -11.6. The van der Waals surface area contributed by atoms with E-state index in [9.17, 15) is 66.2 Å². The third-order valence-electron chi connectivity index (χ3n) is 8.17. The van der Waals surface area contributed by atoms with E-state index in [1.165, 1.54) is 13.8 Å². The summed E-state index contributed by atoms with van der Waals surface area (Å²) in [5.41, 5.74) is 0. The van der Waals surface area contributed by atoms with E-state index in [2.05, 4.69) is 0 Å². The highest BCUT2D eigenvalue weighted by Gasteiger charge is 2.64. The summed E-state index contributed by atoms with van der Waals surface area (Å²) in [5, 5.41) is 0. The van der Waals surface area contributed by atoms with Crippen LogP contribution in [0.3, 0.4) is 0 Å². The van der Waals surface area contributed by atoms with Crippen molar-refractivity contribution in [3.8, 4) is 0 Å². The molecule has 0 unspecified atom stereocenters. The van der Waals surface area contributed by atoms with Gasteiger partial charge in [-0.05, 0) is 12.8 Å². The van der Waals surface area contributed by atoms with Crippen molar-refractivity contribution in [2.24, 2.45) is 0 Å². The van der Waals surface area contributed by atoms with Crippen LogP contribution < -0.4 is 0 Å². The zero-order chi connectivity index (χ0) is 59.3. The maximum Gasteiger partial charge on any atom is 0.481 e. The Morgan fingerprint density at radius 1 is 0.282 bits per heavy atom. The summed E-state index contributed by atoms with van der Waals surface area (Å²) in [6.45, 7) is -1.42. The van der Waals surface area contributed by atoms with Crippen molar-refractivity contribution in [2.75, 3.05) is 54.3 Å². The molecule has 0 aromatic heterocycles. The van der Waals surface area contributed by atoms with E-state index in [0.717, 1.165) is 55.4 Å². The smallest absolute Gasteiger partial charge is 0.457 e. The first-order valence-corrected chi connectivity index (χ1v) is 28.0. The normalized spacial score (nSPS) is 18.5. The number of carbonyl (C=O) groups is 10. The van der Waals surface area contributed by atoms with E-state index < -0.39 is 195 Å². The lowest BCUT2D eigenvalue weighted by Gasteiger charge is -2.49. The Morgan fingerprint density at radius 2 is 0.436 bits per heavy atom. The van der Waals surface area contributed by atoms with Crippen LogP contribution in [-0.4, -0.2) is 151 Å². The molecule has 6 atom stereocenters. The molecule has 78 heavy (non-hydrogen) atoms. The number of rotatable bonds is 38. The Bertz CT molecular complexity index is 1860. The molecule has 0 bridgehead atoms. The van der Waals surface area contributed by atoms with Crippen LogP contribution in [0.1, 0.15) is 94.9 Å². The summed E-state index contributed by atoms with van der Waals surface area (Å²) < 4.78 is 173. The van der Waals surface area contributed by atoms with Crippen LogP contribution in [0.5, 0.6) is 0 Å². The van der Waals surface area contributed by atoms with Crippen LogP contribution >= 0.6 is 31.3 Å². The molecule has 1 rings (SSSR count). The van der Waals surface area contributed by atoms with Crippen LogP contribution in [0, 0.1) is 0 Å². The minimum absolute atomic E-state index is 0.0863. The topological polar surface area (TPSA) is 442 Å². The number of ether oxygens (including phenoxy) is 10. The van der Waals surface area contributed by atoms with Gasteiger partial charge in [0.15, 0.2) is 12.2 Å². The SMILES string of the molecule is CCCC(=O)O[C@@H]1[C@@H](OP(=O)(OCOC(C)=O)OCOC(C)=O)[C@@H](OP(=O)(OCOC(C)=O)OCOC(C)=O)[C@@H](OC(=O)CCC)[C@H](OP(=O)(OCOC(C)=O)OCOC(C)=O)[C@H]1OP(=O)(OCOC(C)=O)OCOC(C)=O. The molecular weight excluding hydrogens is 1160 g/mol. The molecule has 0 spiro atoms. The van der Waals surface area contributed by atoms with Crippen molar-refractivity contribution < 1.29 is 168 Å². The van der Waals surface area contributed by atoms with Gasteiger partial charge in [0.25, 0.3) is 0 Å². The summed E-state index contributed by atoms with van der Waals surface area (Å²) in [6.07, 6.45) is -18.5. The summed E-state index contributed by atoms with van der Waals surface area (Å²) in [4.78, 5) is 123. The first-order chi connectivity index (χ1) is 36.4. The van der Waals surface area contributed by atoms with Crippen LogP contribution in [-0.2, 0) is 168 Å². The Labute approximate surface area is 444 Å². The molecule has 0 amide bonds. The fourth-order valence-electron chi connectivity index (χ4n) is 5.08. The molecule has 1 saturated carbocycles. The standard InChI is InChI=1S/C38H60O36P4/c1-11-13-31(47)69-33-35(71-75(49,61-15-53-23(3)39)62-16-54-24(4)40)37(73-77(51,65-19-57-27(7)43)66-20-58-28(8)44)34(70-32(48)14-12-2)38(74-78(52,67-21-59-29(9)45)68-22-60-30(10)46)36(33)72-76(50,63-17-55-25(5)41)64-18-56-26(6)42/h33-38H,11-22H2,1-10H3/t33-,34-,35-,36-,37-,38+/m0/s1. The average molecular weight is 1220 g/mol. The molecule has 1 fully saturated rings. The first-order valence-electron chi connectivity index (χ1n) is 22.2. The lowest BCUT2D eigenvalue weighted by molar-refractivity contribution is -0.236. The third kappa shape index (κ3) is 29.4. The molecular formula is C38H60O36P4. The van der Waals surface area contributed by atoms with Gasteiger partial charge in [-0.1, -0.05) is 13.8 Å². The van der Waals surface area contributed by atoms with E-state index in [0.29, 0.717) is 0 Å². The fourth-order valence-corrected chi connectivity index (χ4v) is 9.47. The van der Waals surface area contributed by atoms with Gasteiger partial charge in [-0.15, -0.1) is 0 Å². The monoisotopic (exact) mass is 1220 g/mol. The molecule has 448 valence electrons. The van der Waals surface area contributed by atoms with Gasteiger partial charge in [0.2, 0.25) is 54.3 Å². The molecule has 0 heterocycles. The van der Waals surface area contributed by atoms with E-state index >= 15 is 0 Å². The summed E-state index contributed by atoms with van der Waals surface area (Å²) >= 11 is 0. The van der Waals surface area contributed by atoms with E-state index in [-0.39, 0.29) is 12.8 Å². The lowest BCUT2D eigenvalue weighted by Crippen LogP contribution is -2.67. The molecule has 36 nitrogen and oxygen atoms in total. The number of phosphoric acid groups is 4. The predicted octanol–water partition coefficient (Wildman–Crippen LogP) is 3.69. The van der Waals surface area contributed by atoms with Crippen molar-refractivity contribution in [1.82, 2.24) is 0 Å². The minimum Gasteiger partial charge on any atom is -0.457 e. The number of hydrogen-bond donors (Lipinski definition) is 0. The van der Waals surface area contributed by atoms with E-state index in [4.69, 9.17) is 102 Å².